The van der Waals surface area contributed by atoms with Crippen LogP contribution in [0.15, 0.2) is 49.1 Å². The van der Waals surface area contributed by atoms with Crippen LogP contribution in [0.25, 0.3) is 0 Å². The molecule has 0 radical (unpaired) electrons. The van der Waals surface area contributed by atoms with Gasteiger partial charge in [-0.2, -0.15) is 34.3 Å². The maximum Gasteiger partial charge on any atom is 0.522 e. The van der Waals surface area contributed by atoms with Crippen LogP contribution in [0.4, 0.5) is 13.2 Å². The summed E-state index contributed by atoms with van der Waals surface area (Å²) >= 11 is 0. The van der Waals surface area contributed by atoms with Crippen LogP contribution in [-0.4, -0.2) is 48.3 Å². The van der Waals surface area contributed by atoms with E-state index in [-0.39, 0.29) is 0 Å². The van der Waals surface area contributed by atoms with Crippen molar-refractivity contribution < 1.29 is 39.1 Å². The van der Waals surface area contributed by atoms with Gasteiger partial charge in [-0.05, 0) is 24.3 Å². The second-order valence-corrected chi connectivity index (χ2v) is 9.67. The molecule has 13 heteroatoms. The predicted octanol–water partition coefficient (Wildman–Crippen LogP) is 1.68. The van der Waals surface area contributed by atoms with Crippen molar-refractivity contribution in [3.8, 4) is 0 Å². The van der Waals surface area contributed by atoms with Crippen LogP contribution < -0.4 is 4.57 Å². The molecule has 0 atom stereocenters. The van der Waals surface area contributed by atoms with Gasteiger partial charge in [-0.25, -0.2) is 4.57 Å². The molecule has 162 valence electrons. The molecule has 1 N–H and O–H groups in total. The van der Waals surface area contributed by atoms with Crippen molar-refractivity contribution >= 4 is 20.3 Å². The first-order valence-corrected chi connectivity index (χ1v) is 11.3. The van der Waals surface area contributed by atoms with E-state index in [9.17, 15) is 21.6 Å². The molecule has 1 aromatic carbocycles. The molecule has 0 spiro atoms. The fraction of sp³-hybridized carbons (Fsp3) is 0.438. The molecule has 1 aliphatic heterocycles. The summed E-state index contributed by atoms with van der Waals surface area (Å²) in [6.07, 6.45) is 6.64. The van der Waals surface area contributed by atoms with Crippen molar-refractivity contribution in [1.82, 2.24) is 8.28 Å². The Balaban J connectivity index is 0.000000321. The summed E-state index contributed by atoms with van der Waals surface area (Å²) in [7, 11) is -7.44. The number of nitrogens with zero attached hydrogens (tertiary/aromatic N) is 3. The second kappa shape index (κ2) is 8.81. The third-order valence-corrected chi connectivity index (χ3v) is 6.71. The van der Waals surface area contributed by atoms with E-state index in [4.69, 9.17) is 13.0 Å². The minimum Gasteiger partial charge on any atom is -0.279 e. The second-order valence-electron chi connectivity index (χ2n) is 6.42. The molecule has 1 aliphatic rings. The lowest BCUT2D eigenvalue weighted by molar-refractivity contribution is -0.670. The lowest BCUT2D eigenvalue weighted by Crippen LogP contribution is -2.41. The van der Waals surface area contributed by atoms with Gasteiger partial charge < -0.3 is 0 Å². The maximum absolute atomic E-state index is 12.5. The highest BCUT2D eigenvalue weighted by molar-refractivity contribution is 7.87. The van der Waals surface area contributed by atoms with Crippen molar-refractivity contribution in [1.29, 1.82) is 0 Å². The van der Waals surface area contributed by atoms with Gasteiger partial charge in [0.15, 0.2) is 0 Å². The summed E-state index contributed by atoms with van der Waals surface area (Å²) in [4.78, 5) is 0. The molecule has 3 rings (SSSR count). The molecule has 0 amide bonds. The molecule has 1 aromatic heterocycles. The molecule has 0 saturated carbocycles. The van der Waals surface area contributed by atoms with Crippen molar-refractivity contribution in [3.63, 3.8) is 0 Å². The Morgan fingerprint density at radius 1 is 1.07 bits per heavy atom. The van der Waals surface area contributed by atoms with Gasteiger partial charge in [0.1, 0.15) is 12.4 Å². The Morgan fingerprint density at radius 3 is 2.00 bits per heavy atom. The van der Waals surface area contributed by atoms with Gasteiger partial charge in [0.05, 0.1) is 7.05 Å². The third kappa shape index (κ3) is 6.01. The van der Waals surface area contributed by atoms with Gasteiger partial charge in [0.2, 0.25) is 0 Å². The molecule has 0 aliphatic carbocycles. The van der Waals surface area contributed by atoms with Crippen molar-refractivity contribution in [2.45, 2.75) is 24.3 Å². The number of piperidine rings is 1. The number of rotatable bonds is 3. The van der Waals surface area contributed by atoms with Gasteiger partial charge in [0.25, 0.3) is 6.33 Å². The van der Waals surface area contributed by atoms with E-state index in [0.717, 1.165) is 12.8 Å². The van der Waals surface area contributed by atoms with E-state index in [2.05, 4.69) is 12.1 Å². The Labute approximate surface area is 167 Å². The third-order valence-electron chi connectivity index (χ3n) is 4.35. The van der Waals surface area contributed by atoms with Gasteiger partial charge in [-0.15, -0.1) is 3.97 Å². The van der Waals surface area contributed by atoms with Crippen LogP contribution in [0, 0.1) is 0 Å². The zero-order chi connectivity index (χ0) is 21.9. The number of aryl methyl sites for hydroxylation is 1. The van der Waals surface area contributed by atoms with Crippen molar-refractivity contribution in [3.05, 3.63) is 54.6 Å². The molecule has 29 heavy (non-hydrogen) atoms. The maximum atomic E-state index is 12.5. The van der Waals surface area contributed by atoms with E-state index in [1.54, 1.807) is 27.6 Å². The van der Waals surface area contributed by atoms with Crippen LogP contribution in [-0.2, 0) is 27.4 Å². The Hall–Kier alpha value is -1.96. The van der Waals surface area contributed by atoms with Crippen LogP contribution >= 0.6 is 0 Å². The smallest absolute Gasteiger partial charge is 0.279 e. The normalized spacial score (nSPS) is 16.9. The number of aromatic nitrogens is 2. The number of halogens is 3. The summed E-state index contributed by atoms with van der Waals surface area (Å²) < 4.78 is 87.2. The van der Waals surface area contributed by atoms with Crippen LogP contribution in [0.2, 0.25) is 0 Å². The monoisotopic (exact) mass is 456 g/mol. The fourth-order valence-corrected chi connectivity index (χ4v) is 4.26. The molecule has 1 saturated heterocycles. The Kier molecular flexibility index (Phi) is 7.09. The number of hydrogen-bond acceptors (Lipinski definition) is 4. The number of alkyl halides is 3. The van der Waals surface area contributed by atoms with E-state index in [1.165, 1.54) is 9.54 Å². The van der Waals surface area contributed by atoms with E-state index < -0.39 is 25.8 Å². The molecule has 2 aromatic rings. The first-order chi connectivity index (χ1) is 13.3. The van der Waals surface area contributed by atoms with Crippen LogP contribution in [0.5, 0.6) is 0 Å². The van der Waals surface area contributed by atoms with E-state index in [1.807, 2.05) is 25.2 Å². The topological polar surface area (TPSA) is 101 Å². The number of hydrogen-bond donors (Lipinski definition) is 1. The summed E-state index contributed by atoms with van der Waals surface area (Å²) in [5.41, 5.74) is -4.23. The van der Waals surface area contributed by atoms with Gasteiger partial charge >= 0.3 is 25.8 Å². The summed E-state index contributed by atoms with van der Waals surface area (Å²) in [6.45, 7) is 1.15. The summed E-state index contributed by atoms with van der Waals surface area (Å²) in [5.74, 6) is 0.457. The highest BCUT2D eigenvalue weighted by Crippen LogP contribution is 2.29. The van der Waals surface area contributed by atoms with E-state index in [0.29, 0.717) is 19.0 Å². The van der Waals surface area contributed by atoms with Crippen LogP contribution in [0.3, 0.4) is 0 Å². The molecule has 0 unspecified atom stereocenters. The lowest BCUT2D eigenvalue weighted by Gasteiger charge is -2.29. The van der Waals surface area contributed by atoms with E-state index >= 15 is 0 Å². The lowest BCUT2D eigenvalue weighted by atomic mass is 9.90. The highest BCUT2D eigenvalue weighted by Gasteiger charge is 2.44. The molecular weight excluding hydrogens is 435 g/mol. The minimum absolute atomic E-state index is 0.457. The van der Waals surface area contributed by atoms with Crippen LogP contribution in [0.1, 0.15) is 24.3 Å². The predicted molar refractivity (Wildman–Crippen MR) is 97.5 cm³/mol. The number of imidazole rings is 1. The van der Waals surface area contributed by atoms with Crippen molar-refractivity contribution in [2.75, 3.05) is 13.1 Å². The average molecular weight is 456 g/mol. The number of benzene rings is 1. The minimum atomic E-state index is -5.84. The molecule has 0 bridgehead atoms. The Bertz CT molecular complexity index is 1010. The zero-order valence-electron chi connectivity index (χ0n) is 15.4. The Morgan fingerprint density at radius 2 is 1.59 bits per heavy atom. The standard InChI is InChI=1S/C15H20N3O2S.CHF3O3S/c1-16-11-12-18(13-16)21(19,20)17-9-7-15(8-10-17)14-5-3-2-4-6-14;2-1(3,4)8(5,6)7/h2-6,11-13,15H,7-10H2,1H3;(H,5,6,7)/q+1;. The first-order valence-electron chi connectivity index (χ1n) is 8.45. The summed E-state index contributed by atoms with van der Waals surface area (Å²) in [6, 6.07) is 10.3. The fourth-order valence-electron chi connectivity index (χ4n) is 2.84. The average Bonchev–Trinajstić information content (AvgIpc) is 3.09. The largest absolute Gasteiger partial charge is 0.522 e. The molecular formula is C16H21F3N3O5S2+. The SMILES string of the molecule is C[n+]1ccn(S(=O)(=O)N2CCC(c3ccccc3)CC2)c1.O=S(=O)(O)C(F)(F)F. The molecule has 8 nitrogen and oxygen atoms in total. The zero-order valence-corrected chi connectivity index (χ0v) is 17.0. The molecule has 2 heterocycles. The van der Waals surface area contributed by atoms with Gasteiger partial charge in [-0.3, -0.25) is 4.55 Å². The molecule has 1 fully saturated rings. The first kappa shape index (κ1) is 23.3. The van der Waals surface area contributed by atoms with Gasteiger partial charge in [0, 0.05) is 13.1 Å². The van der Waals surface area contributed by atoms with Gasteiger partial charge in [-0.1, -0.05) is 30.3 Å². The highest BCUT2D eigenvalue weighted by atomic mass is 32.2. The quantitative estimate of drug-likeness (QED) is 0.430. The summed E-state index contributed by atoms with van der Waals surface area (Å²) in [5, 5.41) is 0. The van der Waals surface area contributed by atoms with Crippen molar-refractivity contribution in [2.24, 2.45) is 7.05 Å².